The summed E-state index contributed by atoms with van der Waals surface area (Å²) in [6.45, 7) is 0. The van der Waals surface area contributed by atoms with Crippen molar-refractivity contribution in [2.24, 2.45) is 0 Å². The van der Waals surface area contributed by atoms with E-state index in [1.807, 2.05) is 42.5 Å². The van der Waals surface area contributed by atoms with Crippen LogP contribution in [0.1, 0.15) is 27.6 Å². The molecule has 3 nitrogen and oxygen atoms in total. The maximum atomic E-state index is 12.1. The minimum atomic E-state index is -0.621. The van der Waals surface area contributed by atoms with Crippen LogP contribution in [0.25, 0.3) is 0 Å². The van der Waals surface area contributed by atoms with E-state index in [0.29, 0.717) is 12.0 Å². The number of fused-ring (bicyclic) bond motifs is 1. The Kier molecular flexibility index (Phi) is 3.05. The zero-order valence-corrected chi connectivity index (χ0v) is 10.4. The van der Waals surface area contributed by atoms with Crippen molar-refractivity contribution in [2.75, 3.05) is 0 Å². The first kappa shape index (κ1) is 11.9. The Morgan fingerprint density at radius 3 is 2.47 bits per heavy atom. The Hall–Kier alpha value is -2.13. The standard InChI is InChI=1S/C16H15NO2/c18-15-13-9-5-4-8-12(13)10-14(15)17-16(19)11-6-2-1-3-7-11/h1-9,14-15,18H,10H2,(H,17,19)/t14-,15+/m0/s1. The first-order valence-corrected chi connectivity index (χ1v) is 6.37. The van der Waals surface area contributed by atoms with Gasteiger partial charge in [0.05, 0.1) is 12.1 Å². The van der Waals surface area contributed by atoms with E-state index in [9.17, 15) is 9.90 Å². The molecule has 0 aliphatic heterocycles. The van der Waals surface area contributed by atoms with Gasteiger partial charge in [0.2, 0.25) is 0 Å². The molecule has 1 aliphatic rings. The molecule has 1 amide bonds. The Balaban J connectivity index is 1.75. The van der Waals surface area contributed by atoms with Gasteiger partial charge in [-0.3, -0.25) is 4.79 Å². The number of benzene rings is 2. The van der Waals surface area contributed by atoms with Gasteiger partial charge in [0.15, 0.2) is 0 Å². The number of rotatable bonds is 2. The van der Waals surface area contributed by atoms with Crippen molar-refractivity contribution in [3.63, 3.8) is 0 Å². The molecule has 3 heteroatoms. The molecule has 0 saturated heterocycles. The molecule has 2 aromatic rings. The summed E-state index contributed by atoms with van der Waals surface area (Å²) in [5.41, 5.74) is 2.64. The van der Waals surface area contributed by atoms with E-state index >= 15 is 0 Å². The van der Waals surface area contributed by atoms with E-state index in [1.165, 1.54) is 0 Å². The second-order valence-electron chi connectivity index (χ2n) is 4.79. The predicted molar refractivity (Wildman–Crippen MR) is 72.8 cm³/mol. The van der Waals surface area contributed by atoms with Crippen molar-refractivity contribution in [2.45, 2.75) is 18.6 Å². The van der Waals surface area contributed by atoms with Crippen LogP contribution in [0, 0.1) is 0 Å². The third-order valence-electron chi connectivity index (χ3n) is 3.55. The Morgan fingerprint density at radius 2 is 1.74 bits per heavy atom. The van der Waals surface area contributed by atoms with E-state index in [0.717, 1.165) is 11.1 Å². The van der Waals surface area contributed by atoms with Gasteiger partial charge >= 0.3 is 0 Å². The molecule has 2 atom stereocenters. The van der Waals surface area contributed by atoms with Crippen molar-refractivity contribution in [3.8, 4) is 0 Å². The number of hydrogen-bond donors (Lipinski definition) is 2. The molecule has 0 unspecified atom stereocenters. The number of hydrogen-bond acceptors (Lipinski definition) is 2. The molecule has 1 aliphatic carbocycles. The lowest BCUT2D eigenvalue weighted by Crippen LogP contribution is -2.37. The molecule has 0 heterocycles. The van der Waals surface area contributed by atoms with Crippen LogP contribution in [0.4, 0.5) is 0 Å². The van der Waals surface area contributed by atoms with E-state index in [-0.39, 0.29) is 11.9 Å². The maximum absolute atomic E-state index is 12.1. The molecule has 0 saturated carbocycles. The van der Waals surface area contributed by atoms with Crippen LogP contribution in [0.5, 0.6) is 0 Å². The second kappa shape index (κ2) is 4.86. The van der Waals surface area contributed by atoms with E-state index in [4.69, 9.17) is 0 Å². The van der Waals surface area contributed by atoms with E-state index in [1.54, 1.807) is 12.1 Å². The molecule has 19 heavy (non-hydrogen) atoms. The summed E-state index contributed by atoms with van der Waals surface area (Å²) in [5, 5.41) is 13.1. The highest BCUT2D eigenvalue weighted by Gasteiger charge is 2.31. The van der Waals surface area contributed by atoms with Crippen LogP contribution >= 0.6 is 0 Å². The minimum absolute atomic E-state index is 0.141. The van der Waals surface area contributed by atoms with Crippen LogP contribution in [0.15, 0.2) is 54.6 Å². The fourth-order valence-corrected chi connectivity index (χ4v) is 2.55. The Bertz CT molecular complexity index is 595. The van der Waals surface area contributed by atoms with Crippen LogP contribution in [-0.2, 0) is 6.42 Å². The third kappa shape index (κ3) is 2.25. The minimum Gasteiger partial charge on any atom is -0.386 e. The molecule has 0 aromatic heterocycles. The highest BCUT2D eigenvalue weighted by atomic mass is 16.3. The van der Waals surface area contributed by atoms with Crippen molar-refractivity contribution in [3.05, 3.63) is 71.3 Å². The SMILES string of the molecule is O=C(N[C@H]1Cc2ccccc2[C@H]1O)c1ccccc1. The van der Waals surface area contributed by atoms with Gasteiger partial charge in [-0.2, -0.15) is 0 Å². The first-order valence-electron chi connectivity index (χ1n) is 6.37. The van der Waals surface area contributed by atoms with Gasteiger partial charge in [-0.1, -0.05) is 42.5 Å². The Labute approximate surface area is 111 Å². The fourth-order valence-electron chi connectivity index (χ4n) is 2.55. The summed E-state index contributed by atoms with van der Waals surface area (Å²) >= 11 is 0. The topological polar surface area (TPSA) is 49.3 Å². The van der Waals surface area contributed by atoms with Gasteiger partial charge in [0.25, 0.3) is 5.91 Å². The lowest BCUT2D eigenvalue weighted by molar-refractivity contribution is 0.0858. The smallest absolute Gasteiger partial charge is 0.251 e. The van der Waals surface area contributed by atoms with Crippen LogP contribution in [0.3, 0.4) is 0 Å². The van der Waals surface area contributed by atoms with Gasteiger partial charge in [-0.15, -0.1) is 0 Å². The fraction of sp³-hybridized carbons (Fsp3) is 0.188. The van der Waals surface area contributed by atoms with Gasteiger partial charge < -0.3 is 10.4 Å². The van der Waals surface area contributed by atoms with E-state index in [2.05, 4.69) is 5.32 Å². The largest absolute Gasteiger partial charge is 0.386 e. The molecule has 0 radical (unpaired) electrons. The summed E-state index contributed by atoms with van der Waals surface area (Å²) < 4.78 is 0. The molecule has 0 spiro atoms. The summed E-state index contributed by atoms with van der Waals surface area (Å²) in [6.07, 6.45) is 0.0551. The van der Waals surface area contributed by atoms with Gasteiger partial charge in [0.1, 0.15) is 0 Å². The highest BCUT2D eigenvalue weighted by molar-refractivity contribution is 5.94. The molecule has 2 N–H and O–H groups in total. The molecule has 96 valence electrons. The number of amides is 1. The van der Waals surface area contributed by atoms with Gasteiger partial charge in [-0.05, 0) is 29.7 Å². The predicted octanol–water partition coefficient (Wildman–Crippen LogP) is 2.07. The molecular weight excluding hydrogens is 238 g/mol. The zero-order chi connectivity index (χ0) is 13.2. The highest BCUT2D eigenvalue weighted by Crippen LogP contribution is 2.31. The molecule has 0 bridgehead atoms. The first-order chi connectivity index (χ1) is 9.25. The second-order valence-corrected chi connectivity index (χ2v) is 4.79. The number of nitrogens with one attached hydrogen (secondary N) is 1. The molecule has 2 aromatic carbocycles. The quantitative estimate of drug-likeness (QED) is 0.860. The number of carbonyl (C=O) groups excluding carboxylic acids is 1. The van der Waals surface area contributed by atoms with Gasteiger partial charge in [0, 0.05) is 5.56 Å². The van der Waals surface area contributed by atoms with E-state index < -0.39 is 6.10 Å². The lowest BCUT2D eigenvalue weighted by Gasteiger charge is -2.17. The van der Waals surface area contributed by atoms with Gasteiger partial charge in [-0.25, -0.2) is 0 Å². The average Bonchev–Trinajstić information content (AvgIpc) is 2.77. The zero-order valence-electron chi connectivity index (χ0n) is 10.4. The number of aliphatic hydroxyl groups is 1. The normalized spacial score (nSPS) is 20.9. The van der Waals surface area contributed by atoms with Crippen molar-refractivity contribution in [1.29, 1.82) is 0 Å². The number of aliphatic hydroxyl groups excluding tert-OH is 1. The molecule has 3 rings (SSSR count). The molecule has 0 fully saturated rings. The summed E-state index contributed by atoms with van der Waals surface area (Å²) in [7, 11) is 0. The van der Waals surface area contributed by atoms with Crippen molar-refractivity contribution >= 4 is 5.91 Å². The number of carbonyl (C=O) groups is 1. The molecular formula is C16H15NO2. The Morgan fingerprint density at radius 1 is 1.05 bits per heavy atom. The maximum Gasteiger partial charge on any atom is 0.251 e. The lowest BCUT2D eigenvalue weighted by atomic mass is 10.1. The summed E-state index contributed by atoms with van der Waals surface area (Å²) in [5.74, 6) is -0.141. The van der Waals surface area contributed by atoms with Crippen molar-refractivity contribution < 1.29 is 9.90 Å². The monoisotopic (exact) mass is 253 g/mol. The van der Waals surface area contributed by atoms with Crippen LogP contribution < -0.4 is 5.32 Å². The van der Waals surface area contributed by atoms with Crippen LogP contribution in [-0.4, -0.2) is 17.1 Å². The average molecular weight is 253 g/mol. The third-order valence-corrected chi connectivity index (χ3v) is 3.55. The summed E-state index contributed by atoms with van der Waals surface area (Å²) in [4.78, 5) is 12.1. The summed E-state index contributed by atoms with van der Waals surface area (Å²) in [6, 6.07) is 16.6. The van der Waals surface area contributed by atoms with Crippen LogP contribution in [0.2, 0.25) is 0 Å². The van der Waals surface area contributed by atoms with Crippen molar-refractivity contribution in [1.82, 2.24) is 5.32 Å².